The minimum atomic E-state index is -0.242. The molecular formula is C5H10FN. The molecule has 42 valence electrons. The molecule has 0 bridgehead atoms. The number of rotatable bonds is 4. The van der Waals surface area contributed by atoms with E-state index >= 15 is 0 Å². The van der Waals surface area contributed by atoms with E-state index in [-0.39, 0.29) is 6.67 Å². The first-order valence-electron chi connectivity index (χ1n) is 2.46. The van der Waals surface area contributed by atoms with Crippen LogP contribution < -0.4 is 0 Å². The van der Waals surface area contributed by atoms with Gasteiger partial charge in [-0.05, 0) is 25.5 Å². The maximum absolute atomic E-state index is 11.2. The Kier molecular flexibility index (Phi) is 5.28. The highest BCUT2D eigenvalue weighted by Gasteiger charge is 1.80. The Morgan fingerprint density at radius 2 is 2.14 bits per heavy atom. The summed E-state index contributed by atoms with van der Waals surface area (Å²) in [5.41, 5.74) is 0. The second-order valence-electron chi connectivity index (χ2n) is 1.39. The van der Waals surface area contributed by atoms with Crippen LogP contribution in [0.2, 0.25) is 0 Å². The van der Waals surface area contributed by atoms with Gasteiger partial charge in [0.15, 0.2) is 0 Å². The van der Waals surface area contributed by atoms with Crippen LogP contribution in [0.3, 0.4) is 0 Å². The zero-order valence-corrected chi connectivity index (χ0v) is 4.28. The molecule has 0 aliphatic heterocycles. The maximum Gasteiger partial charge on any atom is 0.0894 e. The van der Waals surface area contributed by atoms with Gasteiger partial charge < -0.3 is 5.41 Å². The van der Waals surface area contributed by atoms with Gasteiger partial charge in [-0.2, -0.15) is 0 Å². The second-order valence-corrected chi connectivity index (χ2v) is 1.39. The van der Waals surface area contributed by atoms with E-state index in [1.54, 1.807) is 0 Å². The lowest BCUT2D eigenvalue weighted by Gasteiger charge is -1.85. The summed E-state index contributed by atoms with van der Waals surface area (Å²) >= 11 is 0. The molecule has 0 aromatic heterocycles. The molecule has 0 heterocycles. The van der Waals surface area contributed by atoms with Crippen molar-refractivity contribution in [2.24, 2.45) is 0 Å². The molecule has 0 unspecified atom stereocenters. The predicted octanol–water partition coefficient (Wildman–Crippen LogP) is 1.78. The largest absolute Gasteiger partial charge is 0.313 e. The summed E-state index contributed by atoms with van der Waals surface area (Å²) in [6, 6.07) is 0. The van der Waals surface area contributed by atoms with Crippen molar-refractivity contribution in [3.8, 4) is 0 Å². The number of hydrogen-bond acceptors (Lipinski definition) is 1. The average Bonchev–Trinajstić information content (AvgIpc) is 1.69. The van der Waals surface area contributed by atoms with Gasteiger partial charge in [0.2, 0.25) is 0 Å². The molecule has 0 amide bonds. The first-order valence-corrected chi connectivity index (χ1v) is 2.46. The van der Waals surface area contributed by atoms with Crippen molar-refractivity contribution < 1.29 is 4.39 Å². The van der Waals surface area contributed by atoms with Crippen LogP contribution >= 0.6 is 0 Å². The van der Waals surface area contributed by atoms with Crippen LogP contribution in [0.25, 0.3) is 0 Å². The van der Waals surface area contributed by atoms with E-state index in [0.29, 0.717) is 6.42 Å². The minimum absolute atomic E-state index is 0.242. The summed E-state index contributed by atoms with van der Waals surface area (Å²) in [5, 5.41) is 6.53. The number of hydrogen-bond donors (Lipinski definition) is 1. The summed E-state index contributed by atoms with van der Waals surface area (Å²) in [4.78, 5) is 0. The van der Waals surface area contributed by atoms with E-state index in [9.17, 15) is 4.39 Å². The Morgan fingerprint density at radius 1 is 1.43 bits per heavy atom. The lowest BCUT2D eigenvalue weighted by atomic mass is 10.3. The summed E-state index contributed by atoms with van der Waals surface area (Å²) in [5.74, 6) is 0. The number of halogens is 1. The quantitative estimate of drug-likeness (QED) is 0.414. The third kappa shape index (κ3) is 5.60. The lowest BCUT2D eigenvalue weighted by molar-refractivity contribution is 0.465. The Hall–Kier alpha value is -0.400. The molecule has 0 radical (unpaired) electrons. The Labute approximate surface area is 43.0 Å². The Morgan fingerprint density at radius 3 is 2.57 bits per heavy atom. The molecular weight excluding hydrogens is 93.1 g/mol. The smallest absolute Gasteiger partial charge is 0.0894 e. The molecule has 1 N–H and O–H groups in total. The van der Waals surface area contributed by atoms with Crippen LogP contribution in [0.5, 0.6) is 0 Å². The number of alkyl halides is 1. The SMILES string of the molecule is N=CCCCCF. The molecule has 0 aromatic carbocycles. The van der Waals surface area contributed by atoms with Crippen molar-refractivity contribution >= 4 is 6.21 Å². The van der Waals surface area contributed by atoms with Crippen LogP contribution in [0.15, 0.2) is 0 Å². The van der Waals surface area contributed by atoms with Crippen LogP contribution in [0, 0.1) is 5.41 Å². The third-order valence-corrected chi connectivity index (χ3v) is 0.732. The second kappa shape index (κ2) is 5.60. The predicted molar refractivity (Wildman–Crippen MR) is 28.6 cm³/mol. The standard InChI is InChI=1S/C5H10FN/c6-4-2-1-3-5-7/h5,7H,1-4H2. The van der Waals surface area contributed by atoms with Crippen molar-refractivity contribution in [1.29, 1.82) is 5.41 Å². The zero-order chi connectivity index (χ0) is 5.54. The van der Waals surface area contributed by atoms with Crippen LogP contribution in [-0.4, -0.2) is 12.9 Å². The van der Waals surface area contributed by atoms with Gasteiger partial charge in [-0.15, -0.1) is 0 Å². The fourth-order valence-corrected chi connectivity index (χ4v) is 0.341. The molecule has 0 aliphatic rings. The molecule has 0 aromatic rings. The Bertz CT molecular complexity index is 45.3. The van der Waals surface area contributed by atoms with Crippen LogP contribution in [-0.2, 0) is 0 Å². The van der Waals surface area contributed by atoms with Gasteiger partial charge in [0.1, 0.15) is 0 Å². The van der Waals surface area contributed by atoms with Crippen molar-refractivity contribution in [2.75, 3.05) is 6.67 Å². The Balaban J connectivity index is 2.56. The molecule has 0 saturated heterocycles. The highest BCUT2D eigenvalue weighted by molar-refractivity contribution is 5.52. The van der Waals surface area contributed by atoms with Crippen molar-refractivity contribution in [3.63, 3.8) is 0 Å². The summed E-state index contributed by atoms with van der Waals surface area (Å²) < 4.78 is 11.2. The lowest BCUT2D eigenvalue weighted by Crippen LogP contribution is -1.77. The van der Waals surface area contributed by atoms with Gasteiger partial charge >= 0.3 is 0 Å². The average molecular weight is 103 g/mol. The molecule has 7 heavy (non-hydrogen) atoms. The van der Waals surface area contributed by atoms with Crippen molar-refractivity contribution in [3.05, 3.63) is 0 Å². The van der Waals surface area contributed by atoms with E-state index in [2.05, 4.69) is 0 Å². The van der Waals surface area contributed by atoms with Gasteiger partial charge in [0.05, 0.1) is 6.67 Å². The first-order chi connectivity index (χ1) is 3.41. The van der Waals surface area contributed by atoms with Crippen LogP contribution in [0.1, 0.15) is 19.3 Å². The first kappa shape index (κ1) is 6.60. The van der Waals surface area contributed by atoms with Crippen molar-refractivity contribution in [1.82, 2.24) is 0 Å². The highest BCUT2D eigenvalue weighted by atomic mass is 19.1. The topological polar surface area (TPSA) is 23.9 Å². The van der Waals surface area contributed by atoms with Gasteiger partial charge in [-0.1, -0.05) is 0 Å². The molecule has 0 fully saturated rings. The number of nitrogens with one attached hydrogen (secondary N) is 1. The van der Waals surface area contributed by atoms with Gasteiger partial charge in [0, 0.05) is 0 Å². The molecule has 0 rings (SSSR count). The molecule has 0 saturated carbocycles. The molecule has 1 nitrogen and oxygen atoms in total. The van der Waals surface area contributed by atoms with Crippen LogP contribution in [0.4, 0.5) is 4.39 Å². The van der Waals surface area contributed by atoms with E-state index in [4.69, 9.17) is 5.41 Å². The summed E-state index contributed by atoms with van der Waals surface area (Å²) in [6.45, 7) is -0.242. The van der Waals surface area contributed by atoms with E-state index < -0.39 is 0 Å². The molecule has 0 atom stereocenters. The van der Waals surface area contributed by atoms with E-state index in [1.807, 2.05) is 0 Å². The number of unbranched alkanes of at least 4 members (excludes halogenated alkanes) is 2. The van der Waals surface area contributed by atoms with Gasteiger partial charge in [0.25, 0.3) is 0 Å². The third-order valence-electron chi connectivity index (χ3n) is 0.732. The fraction of sp³-hybridized carbons (Fsp3) is 0.800. The van der Waals surface area contributed by atoms with E-state index in [1.165, 1.54) is 6.21 Å². The summed E-state index contributed by atoms with van der Waals surface area (Å²) in [6.07, 6.45) is 3.47. The van der Waals surface area contributed by atoms with Gasteiger partial charge in [-0.25, -0.2) is 0 Å². The monoisotopic (exact) mass is 103 g/mol. The molecule has 0 aliphatic carbocycles. The normalized spacial score (nSPS) is 8.71. The van der Waals surface area contributed by atoms with Crippen molar-refractivity contribution in [2.45, 2.75) is 19.3 Å². The fourth-order valence-electron chi connectivity index (χ4n) is 0.341. The highest BCUT2D eigenvalue weighted by Crippen LogP contribution is 1.90. The maximum atomic E-state index is 11.2. The molecule has 0 spiro atoms. The van der Waals surface area contributed by atoms with Gasteiger partial charge in [-0.3, -0.25) is 4.39 Å². The van der Waals surface area contributed by atoms with E-state index in [0.717, 1.165) is 12.8 Å². The summed E-state index contributed by atoms with van der Waals surface area (Å²) in [7, 11) is 0. The molecule has 2 heteroatoms. The zero-order valence-electron chi connectivity index (χ0n) is 4.28. The minimum Gasteiger partial charge on any atom is -0.313 e.